The Morgan fingerprint density at radius 3 is 2.09 bits per heavy atom. The first kappa shape index (κ1) is 22.8. The molecule has 2 heterocycles. The van der Waals surface area contributed by atoms with Gasteiger partial charge in [-0.05, 0) is 65.6 Å². The van der Waals surface area contributed by atoms with E-state index in [9.17, 15) is 9.59 Å². The Labute approximate surface area is 192 Å². The van der Waals surface area contributed by atoms with Gasteiger partial charge >= 0.3 is 0 Å². The van der Waals surface area contributed by atoms with Crippen LogP contribution in [-0.4, -0.2) is 67.0 Å². The van der Waals surface area contributed by atoms with Gasteiger partial charge in [0, 0.05) is 32.7 Å². The van der Waals surface area contributed by atoms with Gasteiger partial charge in [0.2, 0.25) is 11.8 Å². The minimum Gasteiger partial charge on any atom is -0.489 e. The molecule has 2 unspecified atom stereocenters. The SMILES string of the molecule is CC(C)Oc1ccccc1N1CCN(CCCN2C(=O)C3(C)CC=CCC3(C)C2=O)CC1. The van der Waals surface area contributed by atoms with E-state index in [2.05, 4.69) is 47.9 Å². The molecular weight excluding hydrogens is 402 g/mol. The second-order valence-electron chi connectivity index (χ2n) is 10.1. The van der Waals surface area contributed by atoms with Crippen molar-refractivity contribution >= 4 is 17.5 Å². The van der Waals surface area contributed by atoms with Gasteiger partial charge in [0.15, 0.2) is 0 Å². The lowest BCUT2D eigenvalue weighted by molar-refractivity contribution is -0.141. The highest BCUT2D eigenvalue weighted by Gasteiger charge is 2.63. The summed E-state index contributed by atoms with van der Waals surface area (Å²) in [4.78, 5) is 32.6. The topological polar surface area (TPSA) is 53.1 Å². The summed E-state index contributed by atoms with van der Waals surface area (Å²) >= 11 is 0. The van der Waals surface area contributed by atoms with E-state index < -0.39 is 10.8 Å². The molecule has 0 aromatic heterocycles. The number of carbonyl (C=O) groups excluding carboxylic acids is 2. The van der Waals surface area contributed by atoms with E-state index in [-0.39, 0.29) is 17.9 Å². The van der Waals surface area contributed by atoms with E-state index in [1.54, 1.807) is 4.90 Å². The number of allylic oxidation sites excluding steroid dienone is 2. The van der Waals surface area contributed by atoms with Gasteiger partial charge in [0.05, 0.1) is 22.6 Å². The highest BCUT2D eigenvalue weighted by atomic mass is 16.5. The van der Waals surface area contributed by atoms with Crippen molar-refractivity contribution in [2.24, 2.45) is 10.8 Å². The summed E-state index contributed by atoms with van der Waals surface area (Å²) in [6.45, 7) is 13.3. The molecule has 2 amide bonds. The number of likely N-dealkylation sites (tertiary alicyclic amines) is 1. The Morgan fingerprint density at radius 2 is 1.50 bits per heavy atom. The maximum atomic E-state index is 13.1. The molecular formula is C26H37N3O3. The van der Waals surface area contributed by atoms with Crippen LogP contribution in [-0.2, 0) is 9.59 Å². The largest absolute Gasteiger partial charge is 0.489 e. The number of amides is 2. The Morgan fingerprint density at radius 1 is 0.906 bits per heavy atom. The van der Waals surface area contributed by atoms with E-state index >= 15 is 0 Å². The number of carbonyl (C=O) groups is 2. The first-order chi connectivity index (χ1) is 15.3. The monoisotopic (exact) mass is 439 g/mol. The fourth-order valence-electron chi connectivity index (χ4n) is 5.36. The molecule has 4 rings (SSSR count). The molecule has 174 valence electrons. The Balaban J connectivity index is 1.29. The van der Waals surface area contributed by atoms with Gasteiger partial charge in [-0.3, -0.25) is 19.4 Å². The molecule has 0 N–H and O–H groups in total. The van der Waals surface area contributed by atoms with E-state index in [1.807, 2.05) is 26.0 Å². The maximum Gasteiger partial charge on any atom is 0.236 e. The number of nitrogens with zero attached hydrogens (tertiary/aromatic N) is 3. The fourth-order valence-corrected chi connectivity index (χ4v) is 5.36. The van der Waals surface area contributed by atoms with Gasteiger partial charge in [-0.1, -0.05) is 24.3 Å². The zero-order valence-electron chi connectivity index (χ0n) is 20.0. The third-order valence-corrected chi connectivity index (χ3v) is 7.67. The normalized spacial score (nSPS) is 28.5. The van der Waals surface area contributed by atoms with Crippen molar-refractivity contribution in [3.63, 3.8) is 0 Å². The quantitative estimate of drug-likeness (QED) is 0.479. The second-order valence-corrected chi connectivity index (χ2v) is 10.1. The molecule has 2 fully saturated rings. The summed E-state index contributed by atoms with van der Waals surface area (Å²) in [5.74, 6) is 0.974. The lowest BCUT2D eigenvalue weighted by atomic mass is 9.61. The third-order valence-electron chi connectivity index (χ3n) is 7.67. The first-order valence-corrected chi connectivity index (χ1v) is 12.0. The number of benzene rings is 1. The minimum atomic E-state index is -0.587. The van der Waals surface area contributed by atoms with Crippen molar-refractivity contribution < 1.29 is 14.3 Å². The molecule has 6 heteroatoms. The summed E-state index contributed by atoms with van der Waals surface area (Å²) in [5, 5.41) is 0. The van der Waals surface area contributed by atoms with Crippen LogP contribution in [0.2, 0.25) is 0 Å². The lowest BCUT2D eigenvalue weighted by Crippen LogP contribution is -2.47. The van der Waals surface area contributed by atoms with Crippen LogP contribution >= 0.6 is 0 Å². The predicted molar refractivity (Wildman–Crippen MR) is 127 cm³/mol. The highest BCUT2D eigenvalue weighted by Crippen LogP contribution is 2.54. The van der Waals surface area contributed by atoms with Gasteiger partial charge in [0.25, 0.3) is 0 Å². The molecule has 1 aromatic carbocycles. The predicted octanol–water partition coefficient (Wildman–Crippen LogP) is 3.72. The molecule has 1 aromatic rings. The number of hydrogen-bond acceptors (Lipinski definition) is 5. The molecule has 32 heavy (non-hydrogen) atoms. The molecule has 3 aliphatic rings. The summed E-state index contributed by atoms with van der Waals surface area (Å²) in [6, 6.07) is 8.26. The zero-order chi connectivity index (χ0) is 22.9. The molecule has 0 spiro atoms. The first-order valence-electron chi connectivity index (χ1n) is 12.0. The fraction of sp³-hybridized carbons (Fsp3) is 0.615. The van der Waals surface area contributed by atoms with E-state index in [0.717, 1.165) is 50.6 Å². The average Bonchev–Trinajstić information content (AvgIpc) is 2.92. The van der Waals surface area contributed by atoms with Gasteiger partial charge in [-0.15, -0.1) is 0 Å². The number of ether oxygens (including phenoxy) is 1. The minimum absolute atomic E-state index is 0.0147. The number of anilines is 1. The maximum absolute atomic E-state index is 13.1. The molecule has 0 radical (unpaired) electrons. The Bertz CT molecular complexity index is 858. The van der Waals surface area contributed by atoms with E-state index in [1.165, 1.54) is 0 Å². The number of piperazine rings is 1. The third kappa shape index (κ3) is 3.94. The summed E-state index contributed by atoms with van der Waals surface area (Å²) in [5.41, 5.74) is -0.0157. The van der Waals surface area contributed by atoms with Crippen molar-refractivity contribution in [3.05, 3.63) is 36.4 Å². The molecule has 0 bridgehead atoms. The van der Waals surface area contributed by atoms with Crippen molar-refractivity contribution in [2.75, 3.05) is 44.2 Å². The molecule has 1 aliphatic carbocycles. The van der Waals surface area contributed by atoms with Crippen LogP contribution in [0.5, 0.6) is 5.75 Å². The number of para-hydroxylation sites is 2. The Hall–Kier alpha value is -2.34. The van der Waals surface area contributed by atoms with Gasteiger partial charge in [0.1, 0.15) is 5.75 Å². The Kier molecular flexibility index (Phi) is 6.35. The van der Waals surface area contributed by atoms with E-state index in [0.29, 0.717) is 19.4 Å². The van der Waals surface area contributed by atoms with E-state index in [4.69, 9.17) is 4.74 Å². The molecule has 2 saturated heterocycles. The summed E-state index contributed by atoms with van der Waals surface area (Å²) in [6.07, 6.45) is 6.41. The number of imide groups is 1. The van der Waals surface area contributed by atoms with Crippen LogP contribution in [0.3, 0.4) is 0 Å². The summed E-state index contributed by atoms with van der Waals surface area (Å²) in [7, 11) is 0. The number of hydrogen-bond donors (Lipinski definition) is 0. The molecule has 2 aliphatic heterocycles. The van der Waals surface area contributed by atoms with Crippen LogP contribution in [0.15, 0.2) is 36.4 Å². The number of fused-ring (bicyclic) bond motifs is 1. The van der Waals surface area contributed by atoms with Crippen LogP contribution in [0.1, 0.15) is 47.0 Å². The van der Waals surface area contributed by atoms with Crippen LogP contribution in [0.4, 0.5) is 5.69 Å². The standard InChI is InChI=1S/C26H37N3O3/c1-20(2)32-22-11-6-5-10-21(22)28-18-16-27(17-19-28)14-9-15-29-23(30)25(3)12-7-8-13-26(25,4)24(29)31/h5-8,10-11,20H,9,12-19H2,1-4H3. The van der Waals surface area contributed by atoms with Gasteiger partial charge in [-0.25, -0.2) is 0 Å². The van der Waals surface area contributed by atoms with Crippen LogP contribution in [0.25, 0.3) is 0 Å². The zero-order valence-corrected chi connectivity index (χ0v) is 20.0. The highest BCUT2D eigenvalue weighted by molar-refractivity contribution is 6.09. The van der Waals surface area contributed by atoms with Gasteiger partial charge < -0.3 is 9.64 Å². The second kappa shape index (κ2) is 8.89. The molecule has 6 nitrogen and oxygen atoms in total. The number of rotatable bonds is 7. The lowest BCUT2D eigenvalue weighted by Gasteiger charge is -2.37. The van der Waals surface area contributed by atoms with Crippen molar-refractivity contribution in [3.8, 4) is 5.75 Å². The van der Waals surface area contributed by atoms with Gasteiger partial charge in [-0.2, -0.15) is 0 Å². The van der Waals surface area contributed by atoms with Crippen molar-refractivity contribution in [1.82, 2.24) is 9.80 Å². The van der Waals surface area contributed by atoms with Crippen molar-refractivity contribution in [2.45, 2.75) is 53.1 Å². The summed E-state index contributed by atoms with van der Waals surface area (Å²) < 4.78 is 5.99. The van der Waals surface area contributed by atoms with Crippen molar-refractivity contribution in [1.29, 1.82) is 0 Å². The smallest absolute Gasteiger partial charge is 0.236 e. The molecule has 0 saturated carbocycles. The molecule has 2 atom stereocenters. The average molecular weight is 440 g/mol. The van der Waals surface area contributed by atoms with Crippen LogP contribution in [0, 0.1) is 10.8 Å². The van der Waals surface area contributed by atoms with Crippen LogP contribution < -0.4 is 9.64 Å².